The van der Waals surface area contributed by atoms with Gasteiger partial charge in [-0.15, -0.1) is 0 Å². The van der Waals surface area contributed by atoms with Crippen molar-refractivity contribution in [1.29, 1.82) is 0 Å². The molecule has 4 aromatic carbocycles. The van der Waals surface area contributed by atoms with Gasteiger partial charge in [-0.3, -0.25) is 4.79 Å². The molecule has 1 atom stereocenters. The van der Waals surface area contributed by atoms with Crippen LogP contribution < -0.4 is 5.32 Å². The van der Waals surface area contributed by atoms with E-state index in [0.29, 0.717) is 0 Å². The Morgan fingerprint density at radius 3 is 1.62 bits per heavy atom. The van der Waals surface area contributed by atoms with Crippen LogP contribution in [0.15, 0.2) is 115 Å². The van der Waals surface area contributed by atoms with E-state index in [-0.39, 0.29) is 12.3 Å². The van der Waals surface area contributed by atoms with Crippen LogP contribution in [0.2, 0.25) is 0 Å². The van der Waals surface area contributed by atoms with E-state index in [2.05, 4.69) is 5.32 Å². The Morgan fingerprint density at radius 2 is 1.21 bits per heavy atom. The first-order valence-corrected chi connectivity index (χ1v) is 11.3. The van der Waals surface area contributed by atoms with Crippen LogP contribution in [0, 0.1) is 6.92 Å². The maximum absolute atomic E-state index is 14.3. The minimum atomic E-state index is -1.22. The molecule has 34 heavy (non-hydrogen) atoms. The molecule has 0 unspecified atom stereocenters. The van der Waals surface area contributed by atoms with Crippen LogP contribution >= 0.6 is 0 Å². The third-order valence-corrected chi connectivity index (χ3v) is 6.09. The number of carbonyl (C=O) groups excluding carboxylic acids is 1. The predicted molar refractivity (Wildman–Crippen MR) is 134 cm³/mol. The van der Waals surface area contributed by atoms with Crippen LogP contribution in [0.1, 0.15) is 27.8 Å². The zero-order valence-corrected chi connectivity index (χ0v) is 19.0. The van der Waals surface area contributed by atoms with Gasteiger partial charge in [0.15, 0.2) is 0 Å². The summed E-state index contributed by atoms with van der Waals surface area (Å²) < 4.78 is 0. The van der Waals surface area contributed by atoms with Gasteiger partial charge in [-0.1, -0.05) is 121 Å². The molecule has 2 N–H and O–H groups in total. The zero-order valence-electron chi connectivity index (χ0n) is 19.0. The van der Waals surface area contributed by atoms with Gasteiger partial charge in [-0.05, 0) is 29.2 Å². The van der Waals surface area contributed by atoms with Crippen molar-refractivity contribution in [3.63, 3.8) is 0 Å². The fraction of sp³-hybridized carbons (Fsp3) is 0.133. The Labute approximate surface area is 199 Å². The first kappa shape index (κ1) is 23.0. The molecule has 0 aliphatic rings. The average Bonchev–Trinajstić information content (AvgIpc) is 2.86. The molecule has 0 aliphatic carbocycles. The quantitative estimate of drug-likeness (QED) is 0.366. The lowest BCUT2D eigenvalue weighted by molar-refractivity contribution is -0.142. The normalized spacial score (nSPS) is 12.0. The smallest absolute Gasteiger partial charge is 0.326 e. The van der Waals surface area contributed by atoms with Gasteiger partial charge in [-0.2, -0.15) is 0 Å². The third-order valence-electron chi connectivity index (χ3n) is 6.09. The first-order chi connectivity index (χ1) is 16.5. The van der Waals surface area contributed by atoms with Crippen molar-refractivity contribution in [2.45, 2.75) is 24.8 Å². The number of nitrogens with one attached hydrogen (secondary N) is 1. The molecule has 0 heterocycles. The lowest BCUT2D eigenvalue weighted by Crippen LogP contribution is -2.52. The molecular formula is C30H27NO3. The van der Waals surface area contributed by atoms with Gasteiger partial charge in [0, 0.05) is 6.42 Å². The number of carboxylic acid groups (broad SMARTS) is 1. The van der Waals surface area contributed by atoms with E-state index < -0.39 is 17.4 Å². The number of aryl methyl sites for hydroxylation is 1. The van der Waals surface area contributed by atoms with Crippen LogP contribution in [0.5, 0.6) is 0 Å². The number of benzene rings is 4. The molecule has 0 bridgehead atoms. The molecule has 0 saturated heterocycles. The van der Waals surface area contributed by atoms with Gasteiger partial charge < -0.3 is 10.4 Å². The second-order valence-electron chi connectivity index (χ2n) is 8.41. The molecular weight excluding hydrogens is 422 g/mol. The summed E-state index contributed by atoms with van der Waals surface area (Å²) in [4.78, 5) is 26.5. The molecule has 4 heteroatoms. The van der Waals surface area contributed by atoms with Gasteiger partial charge in [0.05, 0.1) is 0 Å². The summed E-state index contributed by atoms with van der Waals surface area (Å²) in [6.45, 7) is 1.96. The largest absolute Gasteiger partial charge is 0.480 e. The Bertz CT molecular complexity index is 1160. The van der Waals surface area contributed by atoms with Crippen molar-refractivity contribution in [1.82, 2.24) is 5.32 Å². The summed E-state index contributed by atoms with van der Waals surface area (Å²) >= 11 is 0. The van der Waals surface area contributed by atoms with Crippen LogP contribution in [-0.4, -0.2) is 23.0 Å². The van der Waals surface area contributed by atoms with Crippen molar-refractivity contribution in [2.75, 3.05) is 0 Å². The molecule has 0 saturated carbocycles. The summed E-state index contributed by atoms with van der Waals surface area (Å²) in [5.74, 6) is -1.45. The summed E-state index contributed by atoms with van der Waals surface area (Å²) in [7, 11) is 0. The van der Waals surface area contributed by atoms with E-state index in [9.17, 15) is 14.7 Å². The molecule has 0 aliphatic heterocycles. The van der Waals surface area contributed by atoms with Crippen LogP contribution in [0.25, 0.3) is 0 Å². The Balaban J connectivity index is 1.84. The summed E-state index contributed by atoms with van der Waals surface area (Å²) in [6, 6.07) is 35.2. The van der Waals surface area contributed by atoms with Gasteiger partial charge in [0.2, 0.25) is 5.91 Å². The SMILES string of the molecule is Cc1cccc(C[C@H](NC(=O)C(c2ccccc2)(c2ccccc2)c2ccccc2)C(=O)O)c1. The van der Waals surface area contributed by atoms with Crippen molar-refractivity contribution in [3.05, 3.63) is 143 Å². The lowest BCUT2D eigenvalue weighted by atomic mass is 9.68. The maximum atomic E-state index is 14.3. The van der Waals surface area contributed by atoms with Crippen LogP contribution in [0.3, 0.4) is 0 Å². The molecule has 4 nitrogen and oxygen atoms in total. The molecule has 170 valence electrons. The highest BCUT2D eigenvalue weighted by Gasteiger charge is 2.45. The van der Waals surface area contributed by atoms with E-state index >= 15 is 0 Å². The number of amides is 1. The van der Waals surface area contributed by atoms with Crippen molar-refractivity contribution >= 4 is 11.9 Å². The number of hydrogen-bond acceptors (Lipinski definition) is 2. The lowest BCUT2D eigenvalue weighted by Gasteiger charge is -2.35. The van der Waals surface area contributed by atoms with E-state index in [0.717, 1.165) is 27.8 Å². The molecule has 4 rings (SSSR count). The summed E-state index contributed by atoms with van der Waals surface area (Å²) in [5, 5.41) is 12.9. The topological polar surface area (TPSA) is 66.4 Å². The van der Waals surface area contributed by atoms with Gasteiger partial charge >= 0.3 is 5.97 Å². The highest BCUT2D eigenvalue weighted by molar-refractivity contribution is 5.98. The van der Waals surface area contributed by atoms with E-state index in [4.69, 9.17) is 0 Å². The van der Waals surface area contributed by atoms with Gasteiger partial charge in [0.25, 0.3) is 0 Å². The van der Waals surface area contributed by atoms with E-state index in [1.807, 2.05) is 122 Å². The van der Waals surface area contributed by atoms with Gasteiger partial charge in [0.1, 0.15) is 11.5 Å². The Hall–Kier alpha value is -4.18. The fourth-order valence-electron chi connectivity index (χ4n) is 4.50. The summed E-state index contributed by atoms with van der Waals surface area (Å²) in [6.07, 6.45) is 0.192. The number of carboxylic acids is 1. The molecule has 0 fully saturated rings. The van der Waals surface area contributed by atoms with Gasteiger partial charge in [-0.25, -0.2) is 4.79 Å². The minimum Gasteiger partial charge on any atom is -0.480 e. The molecule has 0 aromatic heterocycles. The standard InChI is InChI=1S/C30H27NO3/c1-22-12-11-13-23(20-22)21-27(28(32)33)31-29(34)30(24-14-5-2-6-15-24,25-16-7-3-8-17-25)26-18-9-4-10-19-26/h2-20,27H,21H2,1H3,(H,31,34)(H,32,33)/t27-/m0/s1. The monoisotopic (exact) mass is 449 g/mol. The maximum Gasteiger partial charge on any atom is 0.326 e. The average molecular weight is 450 g/mol. The predicted octanol–water partition coefficient (Wildman–Crippen LogP) is 5.14. The Kier molecular flexibility index (Phi) is 6.88. The number of hydrogen-bond donors (Lipinski definition) is 2. The second-order valence-corrected chi connectivity index (χ2v) is 8.41. The highest BCUT2D eigenvalue weighted by atomic mass is 16.4. The number of rotatable bonds is 8. The molecule has 0 spiro atoms. The Morgan fingerprint density at radius 1 is 0.735 bits per heavy atom. The van der Waals surface area contributed by atoms with E-state index in [1.54, 1.807) is 0 Å². The second kappa shape index (κ2) is 10.2. The minimum absolute atomic E-state index is 0.192. The molecule has 4 aromatic rings. The van der Waals surface area contributed by atoms with Crippen molar-refractivity contribution in [3.8, 4) is 0 Å². The zero-order chi connectivity index (χ0) is 24.0. The van der Waals surface area contributed by atoms with Crippen LogP contribution in [-0.2, 0) is 21.4 Å². The molecule has 0 radical (unpaired) electrons. The fourth-order valence-corrected chi connectivity index (χ4v) is 4.50. The van der Waals surface area contributed by atoms with Crippen molar-refractivity contribution < 1.29 is 14.7 Å². The third kappa shape index (κ3) is 4.62. The van der Waals surface area contributed by atoms with Crippen molar-refractivity contribution in [2.24, 2.45) is 0 Å². The van der Waals surface area contributed by atoms with Crippen LogP contribution in [0.4, 0.5) is 0 Å². The first-order valence-electron chi connectivity index (χ1n) is 11.3. The molecule has 1 amide bonds. The number of carbonyl (C=O) groups is 2. The van der Waals surface area contributed by atoms with E-state index in [1.165, 1.54) is 0 Å². The number of aliphatic carboxylic acids is 1. The summed E-state index contributed by atoms with van der Waals surface area (Å²) in [5.41, 5.74) is 2.99. The highest BCUT2D eigenvalue weighted by Crippen LogP contribution is 2.39.